The summed E-state index contributed by atoms with van der Waals surface area (Å²) in [6.45, 7) is 5.81. The molecule has 0 radical (unpaired) electrons. The van der Waals surface area contributed by atoms with Gasteiger partial charge in [0.25, 0.3) is 0 Å². The first-order valence-corrected chi connectivity index (χ1v) is 10.3. The van der Waals surface area contributed by atoms with E-state index in [-0.39, 0.29) is 12.0 Å². The van der Waals surface area contributed by atoms with E-state index in [9.17, 15) is 4.79 Å². The zero-order valence-electron chi connectivity index (χ0n) is 16.6. The molecular weight excluding hydrogens is 372 g/mol. The summed E-state index contributed by atoms with van der Waals surface area (Å²) >= 11 is 0. The lowest BCUT2D eigenvalue weighted by Crippen LogP contribution is -2.36. The topological polar surface area (TPSA) is 94.4 Å². The predicted octanol–water partition coefficient (Wildman–Crippen LogP) is 0.716. The molecule has 1 atom stereocenters. The molecule has 2 aromatic rings. The number of nitrogens with one attached hydrogen (secondary N) is 1. The normalized spacial score (nSPS) is 19.7. The van der Waals surface area contributed by atoms with E-state index in [2.05, 4.69) is 37.9 Å². The minimum Gasteiger partial charge on any atom is -0.379 e. The van der Waals surface area contributed by atoms with Gasteiger partial charge in [-0.25, -0.2) is 4.68 Å². The molecule has 1 aromatic carbocycles. The van der Waals surface area contributed by atoms with Crippen molar-refractivity contribution in [3.63, 3.8) is 0 Å². The van der Waals surface area contributed by atoms with Crippen LogP contribution in [0.3, 0.4) is 0 Å². The Morgan fingerprint density at radius 2 is 2.07 bits per heavy atom. The van der Waals surface area contributed by atoms with Crippen molar-refractivity contribution in [3.8, 4) is 0 Å². The highest BCUT2D eigenvalue weighted by Gasteiger charge is 2.21. The molecule has 4 rings (SSSR count). The summed E-state index contributed by atoms with van der Waals surface area (Å²) < 4.78 is 13.0. The van der Waals surface area contributed by atoms with Gasteiger partial charge in [0.15, 0.2) is 5.82 Å². The maximum atomic E-state index is 12.3. The first-order chi connectivity index (χ1) is 14.3. The van der Waals surface area contributed by atoms with E-state index in [0.717, 1.165) is 38.5 Å². The number of morpholine rings is 1. The van der Waals surface area contributed by atoms with Crippen molar-refractivity contribution in [1.29, 1.82) is 0 Å². The number of tetrazole rings is 1. The number of carbonyl (C=O) groups excluding carboxylic acids is 1. The molecular formula is C20H28N6O3. The molecule has 1 N–H and O–H groups in total. The lowest BCUT2D eigenvalue weighted by Gasteiger charge is -2.26. The van der Waals surface area contributed by atoms with Crippen molar-refractivity contribution < 1.29 is 14.3 Å². The van der Waals surface area contributed by atoms with E-state index in [1.807, 2.05) is 12.1 Å². The third-order valence-corrected chi connectivity index (χ3v) is 5.43. The Bertz CT molecular complexity index is 805. The average Bonchev–Trinajstić information content (AvgIpc) is 3.20. The molecule has 0 bridgehead atoms. The molecule has 3 heterocycles. The third kappa shape index (κ3) is 5.37. The molecule has 9 nitrogen and oxygen atoms in total. The van der Waals surface area contributed by atoms with Gasteiger partial charge in [0.1, 0.15) is 6.10 Å². The van der Waals surface area contributed by atoms with Crippen LogP contribution in [0.25, 0.3) is 0 Å². The van der Waals surface area contributed by atoms with Crippen LogP contribution in [0.1, 0.15) is 35.9 Å². The van der Waals surface area contributed by atoms with Gasteiger partial charge >= 0.3 is 0 Å². The number of ether oxygens (including phenoxy) is 2. The first kappa shape index (κ1) is 19.9. The van der Waals surface area contributed by atoms with Gasteiger partial charge < -0.3 is 14.8 Å². The van der Waals surface area contributed by atoms with E-state index in [4.69, 9.17) is 9.47 Å². The van der Waals surface area contributed by atoms with Gasteiger partial charge in [-0.15, -0.1) is 5.10 Å². The number of benzene rings is 1. The molecule has 0 unspecified atom stereocenters. The molecule has 0 saturated carbocycles. The standard InChI is InChI=1S/C20H28N6O3/c27-20(21-14-18-17-5-2-1-4-16(17)7-11-29-18)6-3-8-26-19(22-23-24-26)15-25-9-12-28-13-10-25/h1-2,4-5,18H,3,6-15H2,(H,21,27)/t18-/m0/s1. The molecule has 1 aromatic heterocycles. The lowest BCUT2D eigenvalue weighted by molar-refractivity contribution is -0.122. The Morgan fingerprint density at radius 1 is 1.21 bits per heavy atom. The van der Waals surface area contributed by atoms with Gasteiger partial charge in [-0.3, -0.25) is 9.69 Å². The Balaban J connectivity index is 1.20. The highest BCUT2D eigenvalue weighted by atomic mass is 16.5. The number of hydrogen-bond donors (Lipinski definition) is 1. The van der Waals surface area contributed by atoms with Crippen LogP contribution in [0.2, 0.25) is 0 Å². The molecule has 1 saturated heterocycles. The van der Waals surface area contributed by atoms with E-state index in [0.29, 0.717) is 39.1 Å². The molecule has 0 aliphatic carbocycles. The van der Waals surface area contributed by atoms with E-state index in [1.165, 1.54) is 11.1 Å². The summed E-state index contributed by atoms with van der Waals surface area (Å²) in [5.74, 6) is 0.860. The van der Waals surface area contributed by atoms with Crippen molar-refractivity contribution >= 4 is 5.91 Å². The van der Waals surface area contributed by atoms with Crippen LogP contribution in [0.15, 0.2) is 24.3 Å². The summed E-state index contributed by atoms with van der Waals surface area (Å²) in [5.41, 5.74) is 2.49. The van der Waals surface area contributed by atoms with Crippen LogP contribution in [0.4, 0.5) is 0 Å². The van der Waals surface area contributed by atoms with Gasteiger partial charge in [-0.1, -0.05) is 24.3 Å². The second-order valence-electron chi connectivity index (χ2n) is 7.42. The summed E-state index contributed by atoms with van der Waals surface area (Å²) in [6, 6.07) is 8.28. The van der Waals surface area contributed by atoms with Crippen molar-refractivity contribution in [2.24, 2.45) is 0 Å². The molecule has 2 aliphatic rings. The number of hydrogen-bond acceptors (Lipinski definition) is 7. The van der Waals surface area contributed by atoms with E-state index >= 15 is 0 Å². The molecule has 156 valence electrons. The van der Waals surface area contributed by atoms with E-state index < -0.39 is 0 Å². The number of aryl methyl sites for hydroxylation is 1. The fourth-order valence-electron chi connectivity index (χ4n) is 3.80. The SMILES string of the molecule is O=C(CCCn1nnnc1CN1CCOCC1)NC[C@@H]1OCCc2ccccc21. The smallest absolute Gasteiger partial charge is 0.220 e. The van der Waals surface area contributed by atoms with Crippen LogP contribution >= 0.6 is 0 Å². The van der Waals surface area contributed by atoms with Crippen molar-refractivity contribution in [2.45, 2.75) is 38.5 Å². The number of fused-ring (bicyclic) bond motifs is 1. The van der Waals surface area contributed by atoms with Crippen molar-refractivity contribution in [1.82, 2.24) is 30.4 Å². The quantitative estimate of drug-likeness (QED) is 0.698. The third-order valence-electron chi connectivity index (χ3n) is 5.43. The minimum absolute atomic E-state index is 0.0273. The van der Waals surface area contributed by atoms with Crippen LogP contribution in [-0.4, -0.2) is 70.5 Å². The summed E-state index contributed by atoms with van der Waals surface area (Å²) in [6.07, 6.45) is 1.99. The van der Waals surface area contributed by atoms with Crippen molar-refractivity contribution in [2.75, 3.05) is 39.5 Å². The average molecular weight is 400 g/mol. The van der Waals surface area contributed by atoms with Gasteiger partial charge in [0.05, 0.1) is 26.4 Å². The van der Waals surface area contributed by atoms with Crippen LogP contribution in [-0.2, 0) is 33.8 Å². The maximum absolute atomic E-state index is 12.3. The lowest BCUT2D eigenvalue weighted by atomic mass is 9.97. The first-order valence-electron chi connectivity index (χ1n) is 10.3. The second kappa shape index (κ2) is 9.91. The number of nitrogens with zero attached hydrogens (tertiary/aromatic N) is 5. The van der Waals surface area contributed by atoms with Crippen LogP contribution in [0.5, 0.6) is 0 Å². The van der Waals surface area contributed by atoms with Gasteiger partial charge in [-0.2, -0.15) is 0 Å². The fraction of sp³-hybridized carbons (Fsp3) is 0.600. The second-order valence-corrected chi connectivity index (χ2v) is 7.42. The molecule has 9 heteroatoms. The molecule has 2 aliphatic heterocycles. The zero-order chi connectivity index (χ0) is 19.9. The molecule has 29 heavy (non-hydrogen) atoms. The minimum atomic E-state index is -0.0662. The number of amides is 1. The number of rotatable bonds is 8. The highest BCUT2D eigenvalue weighted by molar-refractivity contribution is 5.75. The van der Waals surface area contributed by atoms with Crippen LogP contribution < -0.4 is 5.32 Å². The largest absolute Gasteiger partial charge is 0.379 e. The van der Waals surface area contributed by atoms with Gasteiger partial charge in [0, 0.05) is 32.6 Å². The Kier molecular flexibility index (Phi) is 6.81. The molecule has 0 spiro atoms. The van der Waals surface area contributed by atoms with Gasteiger partial charge in [-0.05, 0) is 34.4 Å². The molecule has 1 amide bonds. The van der Waals surface area contributed by atoms with Crippen molar-refractivity contribution in [3.05, 3.63) is 41.2 Å². The summed E-state index contributed by atoms with van der Waals surface area (Å²) in [5, 5.41) is 15.0. The highest BCUT2D eigenvalue weighted by Crippen LogP contribution is 2.26. The number of carbonyl (C=O) groups is 1. The monoisotopic (exact) mass is 400 g/mol. The summed E-state index contributed by atoms with van der Waals surface area (Å²) in [4.78, 5) is 14.6. The fourth-order valence-corrected chi connectivity index (χ4v) is 3.80. The van der Waals surface area contributed by atoms with E-state index in [1.54, 1.807) is 4.68 Å². The maximum Gasteiger partial charge on any atom is 0.220 e. The summed E-state index contributed by atoms with van der Waals surface area (Å²) in [7, 11) is 0. The Hall–Kier alpha value is -2.36. The van der Waals surface area contributed by atoms with Crippen LogP contribution in [0, 0.1) is 0 Å². The molecule has 1 fully saturated rings. The van der Waals surface area contributed by atoms with Gasteiger partial charge in [0.2, 0.25) is 5.91 Å². The zero-order valence-corrected chi connectivity index (χ0v) is 16.6. The number of aromatic nitrogens is 4. The predicted molar refractivity (Wildman–Crippen MR) is 105 cm³/mol. The Morgan fingerprint density at radius 3 is 2.97 bits per heavy atom. The Labute approximate surface area is 170 Å².